The first-order valence-electron chi connectivity index (χ1n) is 7.58. The molecule has 0 aromatic heterocycles. The molecule has 2 fully saturated rings. The van der Waals surface area contributed by atoms with Gasteiger partial charge in [0, 0.05) is 25.2 Å². The third-order valence-electron chi connectivity index (χ3n) is 4.06. The van der Waals surface area contributed by atoms with E-state index >= 15 is 0 Å². The van der Waals surface area contributed by atoms with Gasteiger partial charge in [0.1, 0.15) is 0 Å². The van der Waals surface area contributed by atoms with Crippen molar-refractivity contribution in [3.05, 3.63) is 0 Å². The van der Waals surface area contributed by atoms with E-state index in [4.69, 9.17) is 4.74 Å². The van der Waals surface area contributed by atoms with Crippen molar-refractivity contribution in [2.24, 2.45) is 11.8 Å². The first kappa shape index (κ1) is 14.3. The fraction of sp³-hybridized carbons (Fsp3) is 1.00. The van der Waals surface area contributed by atoms with E-state index in [9.17, 15) is 0 Å². The first-order chi connectivity index (χ1) is 8.53. The van der Waals surface area contributed by atoms with Crippen LogP contribution in [0.25, 0.3) is 0 Å². The van der Waals surface area contributed by atoms with Crippen molar-refractivity contribution in [3.8, 4) is 0 Å². The van der Waals surface area contributed by atoms with E-state index in [1.54, 1.807) is 0 Å². The molecule has 0 saturated carbocycles. The number of hydrogen-bond donors (Lipinski definition) is 1. The van der Waals surface area contributed by atoms with Crippen LogP contribution in [0.3, 0.4) is 0 Å². The van der Waals surface area contributed by atoms with Crippen LogP contribution in [0.2, 0.25) is 0 Å². The molecule has 2 rings (SSSR count). The number of likely N-dealkylation sites (tertiary alicyclic amines) is 1. The molecule has 0 aliphatic carbocycles. The van der Waals surface area contributed by atoms with Gasteiger partial charge in [0.2, 0.25) is 0 Å². The minimum atomic E-state index is 0.255. The van der Waals surface area contributed by atoms with Gasteiger partial charge in [0.25, 0.3) is 0 Å². The lowest BCUT2D eigenvalue weighted by molar-refractivity contribution is 0.0413. The Bertz CT molecular complexity index is 243. The summed E-state index contributed by atoms with van der Waals surface area (Å²) in [6.45, 7) is 13.7. The van der Waals surface area contributed by atoms with Gasteiger partial charge in [0.05, 0.1) is 6.61 Å². The van der Waals surface area contributed by atoms with E-state index < -0.39 is 0 Å². The third-order valence-corrected chi connectivity index (χ3v) is 4.06. The number of ether oxygens (including phenoxy) is 1. The normalized spacial score (nSPS) is 30.8. The Kier molecular flexibility index (Phi) is 5.05. The van der Waals surface area contributed by atoms with Crippen LogP contribution < -0.4 is 5.32 Å². The third kappa shape index (κ3) is 4.87. The quantitative estimate of drug-likeness (QED) is 0.832. The summed E-state index contributed by atoms with van der Waals surface area (Å²) >= 11 is 0. The average molecular weight is 254 g/mol. The number of rotatable bonds is 4. The summed E-state index contributed by atoms with van der Waals surface area (Å²) in [7, 11) is 0. The maximum atomic E-state index is 5.57. The van der Waals surface area contributed by atoms with Gasteiger partial charge in [-0.1, -0.05) is 0 Å². The molecule has 1 N–H and O–H groups in total. The van der Waals surface area contributed by atoms with Gasteiger partial charge in [-0.15, -0.1) is 0 Å². The molecular weight excluding hydrogens is 224 g/mol. The van der Waals surface area contributed by atoms with E-state index in [0.29, 0.717) is 0 Å². The second-order valence-electron chi connectivity index (χ2n) is 7.13. The highest BCUT2D eigenvalue weighted by atomic mass is 16.5. The van der Waals surface area contributed by atoms with Crippen molar-refractivity contribution in [1.29, 1.82) is 0 Å². The van der Waals surface area contributed by atoms with Crippen molar-refractivity contribution < 1.29 is 4.74 Å². The molecular formula is C15H30N2O. The second kappa shape index (κ2) is 6.36. The maximum Gasteiger partial charge on any atom is 0.0506 e. The van der Waals surface area contributed by atoms with Crippen molar-refractivity contribution in [2.75, 3.05) is 39.4 Å². The van der Waals surface area contributed by atoms with Gasteiger partial charge in [-0.3, -0.25) is 0 Å². The topological polar surface area (TPSA) is 24.5 Å². The molecule has 3 heteroatoms. The zero-order valence-corrected chi connectivity index (χ0v) is 12.4. The van der Waals surface area contributed by atoms with Crippen molar-refractivity contribution in [2.45, 2.75) is 45.6 Å². The van der Waals surface area contributed by atoms with Crippen LogP contribution >= 0.6 is 0 Å². The minimum Gasteiger partial charge on any atom is -0.381 e. The summed E-state index contributed by atoms with van der Waals surface area (Å²) < 4.78 is 5.57. The van der Waals surface area contributed by atoms with Gasteiger partial charge in [-0.2, -0.15) is 0 Å². The predicted octanol–water partition coefficient (Wildman–Crippen LogP) is 2.12. The highest BCUT2D eigenvalue weighted by molar-refractivity contribution is 4.82. The van der Waals surface area contributed by atoms with E-state index in [1.807, 2.05) is 0 Å². The fourth-order valence-corrected chi connectivity index (χ4v) is 3.01. The summed E-state index contributed by atoms with van der Waals surface area (Å²) in [5.41, 5.74) is 0.255. The minimum absolute atomic E-state index is 0.255. The van der Waals surface area contributed by atoms with Gasteiger partial charge in [-0.25, -0.2) is 0 Å². The van der Waals surface area contributed by atoms with Gasteiger partial charge in [-0.05, 0) is 65.0 Å². The van der Waals surface area contributed by atoms with Crippen LogP contribution in [0.1, 0.15) is 40.0 Å². The number of nitrogens with one attached hydrogen (secondary N) is 1. The molecule has 2 saturated heterocycles. The molecule has 2 aliphatic heterocycles. The van der Waals surface area contributed by atoms with Gasteiger partial charge >= 0.3 is 0 Å². The summed E-state index contributed by atoms with van der Waals surface area (Å²) in [6, 6.07) is 0. The fourth-order valence-electron chi connectivity index (χ4n) is 3.01. The molecule has 2 heterocycles. The molecule has 3 nitrogen and oxygen atoms in total. The molecule has 0 amide bonds. The second-order valence-corrected chi connectivity index (χ2v) is 7.13. The van der Waals surface area contributed by atoms with Crippen molar-refractivity contribution >= 4 is 0 Å². The van der Waals surface area contributed by atoms with Crippen LogP contribution in [0, 0.1) is 11.8 Å². The highest BCUT2D eigenvalue weighted by Gasteiger charge is 2.26. The highest BCUT2D eigenvalue weighted by Crippen LogP contribution is 2.21. The van der Waals surface area contributed by atoms with E-state index in [-0.39, 0.29) is 5.54 Å². The SMILES string of the molecule is CC(C)(C)NCC1CCN(CC2CCCOC2)C1. The number of nitrogens with zero attached hydrogens (tertiary/aromatic N) is 1. The Morgan fingerprint density at radius 1 is 1.22 bits per heavy atom. The van der Waals surface area contributed by atoms with Crippen LogP contribution in [0.15, 0.2) is 0 Å². The average Bonchev–Trinajstić information content (AvgIpc) is 2.75. The van der Waals surface area contributed by atoms with Gasteiger partial charge < -0.3 is 15.0 Å². The summed E-state index contributed by atoms with van der Waals surface area (Å²) in [6.07, 6.45) is 3.98. The molecule has 0 aromatic rings. The van der Waals surface area contributed by atoms with E-state index in [1.165, 1.54) is 45.4 Å². The number of hydrogen-bond acceptors (Lipinski definition) is 3. The zero-order valence-electron chi connectivity index (χ0n) is 12.4. The largest absolute Gasteiger partial charge is 0.381 e. The summed E-state index contributed by atoms with van der Waals surface area (Å²) in [5, 5.41) is 3.64. The van der Waals surface area contributed by atoms with Gasteiger partial charge in [0.15, 0.2) is 0 Å². The van der Waals surface area contributed by atoms with Crippen LogP contribution in [0.4, 0.5) is 0 Å². The molecule has 2 unspecified atom stereocenters. The monoisotopic (exact) mass is 254 g/mol. The molecule has 0 bridgehead atoms. The van der Waals surface area contributed by atoms with Crippen LogP contribution in [0.5, 0.6) is 0 Å². The van der Waals surface area contributed by atoms with E-state index in [2.05, 4.69) is 31.0 Å². The molecule has 2 atom stereocenters. The zero-order chi connectivity index (χ0) is 13.0. The molecule has 0 aromatic carbocycles. The maximum absolute atomic E-state index is 5.57. The lowest BCUT2D eigenvalue weighted by atomic mass is 10.0. The smallest absolute Gasteiger partial charge is 0.0506 e. The summed E-state index contributed by atoms with van der Waals surface area (Å²) in [4.78, 5) is 2.65. The molecule has 0 radical (unpaired) electrons. The van der Waals surface area contributed by atoms with Crippen molar-refractivity contribution in [1.82, 2.24) is 10.2 Å². The molecule has 106 valence electrons. The first-order valence-corrected chi connectivity index (χ1v) is 7.58. The van der Waals surface area contributed by atoms with Crippen LogP contribution in [-0.4, -0.2) is 49.8 Å². The molecule has 2 aliphatic rings. The Balaban J connectivity index is 1.65. The predicted molar refractivity (Wildman–Crippen MR) is 75.8 cm³/mol. The van der Waals surface area contributed by atoms with Crippen molar-refractivity contribution in [3.63, 3.8) is 0 Å². The Morgan fingerprint density at radius 2 is 2.06 bits per heavy atom. The Labute approximate surface area is 112 Å². The Hall–Kier alpha value is -0.120. The standard InChI is InChI=1S/C15H30N2O/c1-15(2,3)16-9-13-6-7-17(10-13)11-14-5-4-8-18-12-14/h13-14,16H,4-12H2,1-3H3. The Morgan fingerprint density at radius 3 is 2.72 bits per heavy atom. The lowest BCUT2D eigenvalue weighted by Gasteiger charge is -2.27. The molecule has 18 heavy (non-hydrogen) atoms. The lowest BCUT2D eigenvalue weighted by Crippen LogP contribution is -2.40. The molecule has 0 spiro atoms. The summed E-state index contributed by atoms with van der Waals surface area (Å²) in [5.74, 6) is 1.63. The van der Waals surface area contributed by atoms with Crippen LogP contribution in [-0.2, 0) is 4.74 Å². The van der Waals surface area contributed by atoms with E-state index in [0.717, 1.165) is 25.0 Å².